The molecule has 4 rings (SSSR count). The highest BCUT2D eigenvalue weighted by molar-refractivity contribution is 5.92. The summed E-state index contributed by atoms with van der Waals surface area (Å²) in [4.78, 5) is 12.4. The molecule has 27 heavy (non-hydrogen) atoms. The highest BCUT2D eigenvalue weighted by atomic mass is 16.1. The molecule has 0 aliphatic rings. The number of carbonyl (C=O) groups excluding carboxylic acids is 1. The Labute approximate surface area is 158 Å². The maximum Gasteiger partial charge on any atom is 0.244 e. The quantitative estimate of drug-likeness (QED) is 0.508. The van der Waals surface area contributed by atoms with E-state index >= 15 is 0 Å². The Balaban J connectivity index is 1.40. The SMILES string of the molecule is Cc1ccc2c(ccn2CC(=O)Nc2ccc(Nc3ccccc3)cc2)c1. The van der Waals surface area contributed by atoms with E-state index in [1.807, 2.05) is 71.4 Å². The molecule has 1 heterocycles. The number of benzene rings is 3. The maximum absolute atomic E-state index is 12.4. The molecule has 1 aromatic heterocycles. The number of hydrogen-bond donors (Lipinski definition) is 2. The second kappa shape index (κ2) is 7.38. The number of amides is 1. The van der Waals surface area contributed by atoms with Crippen molar-refractivity contribution in [3.8, 4) is 0 Å². The zero-order valence-corrected chi connectivity index (χ0v) is 15.1. The molecule has 4 nitrogen and oxygen atoms in total. The summed E-state index contributed by atoms with van der Waals surface area (Å²) < 4.78 is 1.97. The molecule has 0 bridgehead atoms. The number of aromatic nitrogens is 1. The minimum Gasteiger partial charge on any atom is -0.356 e. The Hall–Kier alpha value is -3.53. The van der Waals surface area contributed by atoms with Crippen molar-refractivity contribution < 1.29 is 4.79 Å². The van der Waals surface area contributed by atoms with Crippen LogP contribution in [-0.4, -0.2) is 10.5 Å². The minimum absolute atomic E-state index is 0.0446. The van der Waals surface area contributed by atoms with Gasteiger partial charge in [-0.3, -0.25) is 4.79 Å². The van der Waals surface area contributed by atoms with Crippen molar-refractivity contribution in [2.75, 3.05) is 10.6 Å². The van der Waals surface area contributed by atoms with Gasteiger partial charge >= 0.3 is 0 Å². The van der Waals surface area contributed by atoms with Crippen LogP contribution in [0.1, 0.15) is 5.56 Å². The average molecular weight is 355 g/mol. The van der Waals surface area contributed by atoms with Gasteiger partial charge in [0.1, 0.15) is 6.54 Å². The lowest BCUT2D eigenvalue weighted by molar-refractivity contribution is -0.116. The largest absolute Gasteiger partial charge is 0.356 e. The number of para-hydroxylation sites is 1. The van der Waals surface area contributed by atoms with Crippen molar-refractivity contribution in [1.29, 1.82) is 0 Å². The third-order valence-electron chi connectivity index (χ3n) is 4.47. The highest BCUT2D eigenvalue weighted by Gasteiger charge is 2.07. The summed E-state index contributed by atoms with van der Waals surface area (Å²) in [6.45, 7) is 2.36. The first kappa shape index (κ1) is 16.9. The molecule has 1 amide bonds. The second-order valence-electron chi connectivity index (χ2n) is 6.62. The Morgan fingerprint density at radius 2 is 1.56 bits per heavy atom. The van der Waals surface area contributed by atoms with E-state index in [2.05, 4.69) is 35.8 Å². The maximum atomic E-state index is 12.4. The van der Waals surface area contributed by atoms with Crippen molar-refractivity contribution in [2.24, 2.45) is 0 Å². The summed E-state index contributed by atoms with van der Waals surface area (Å²) in [5, 5.41) is 7.44. The van der Waals surface area contributed by atoms with E-state index in [0.29, 0.717) is 0 Å². The van der Waals surface area contributed by atoms with Gasteiger partial charge in [0.25, 0.3) is 0 Å². The monoisotopic (exact) mass is 355 g/mol. The molecular formula is C23H21N3O. The van der Waals surface area contributed by atoms with Crippen LogP contribution in [0.25, 0.3) is 10.9 Å². The van der Waals surface area contributed by atoms with Gasteiger partial charge in [0.2, 0.25) is 5.91 Å². The van der Waals surface area contributed by atoms with Crippen LogP contribution in [0.5, 0.6) is 0 Å². The van der Waals surface area contributed by atoms with E-state index in [-0.39, 0.29) is 12.5 Å². The zero-order valence-electron chi connectivity index (χ0n) is 15.1. The van der Waals surface area contributed by atoms with Crippen molar-refractivity contribution in [3.05, 3.63) is 90.6 Å². The van der Waals surface area contributed by atoms with E-state index in [1.165, 1.54) is 5.56 Å². The molecule has 0 aliphatic heterocycles. The lowest BCUT2D eigenvalue weighted by atomic mass is 10.2. The van der Waals surface area contributed by atoms with Crippen LogP contribution >= 0.6 is 0 Å². The molecule has 4 aromatic rings. The van der Waals surface area contributed by atoms with Crippen molar-refractivity contribution in [1.82, 2.24) is 4.57 Å². The summed E-state index contributed by atoms with van der Waals surface area (Å²) >= 11 is 0. The predicted octanol–water partition coefficient (Wildman–Crippen LogP) is 5.33. The highest BCUT2D eigenvalue weighted by Crippen LogP contribution is 2.20. The Morgan fingerprint density at radius 3 is 2.33 bits per heavy atom. The van der Waals surface area contributed by atoms with Gasteiger partial charge in [-0.15, -0.1) is 0 Å². The van der Waals surface area contributed by atoms with Gasteiger partial charge in [0, 0.05) is 28.8 Å². The molecule has 0 fully saturated rings. The molecule has 0 saturated heterocycles. The number of hydrogen-bond acceptors (Lipinski definition) is 2. The van der Waals surface area contributed by atoms with Crippen molar-refractivity contribution >= 4 is 33.9 Å². The fourth-order valence-corrected chi connectivity index (χ4v) is 3.14. The normalized spacial score (nSPS) is 10.7. The number of carbonyl (C=O) groups is 1. The van der Waals surface area contributed by atoms with Crippen LogP contribution < -0.4 is 10.6 Å². The van der Waals surface area contributed by atoms with Gasteiger partial charge < -0.3 is 15.2 Å². The number of nitrogens with one attached hydrogen (secondary N) is 2. The molecule has 0 saturated carbocycles. The van der Waals surface area contributed by atoms with Crippen LogP contribution in [0, 0.1) is 6.92 Å². The Bertz CT molecular complexity index is 1070. The topological polar surface area (TPSA) is 46.1 Å². The lowest BCUT2D eigenvalue weighted by Crippen LogP contribution is -2.18. The van der Waals surface area contributed by atoms with E-state index < -0.39 is 0 Å². The number of nitrogens with zero attached hydrogens (tertiary/aromatic N) is 1. The van der Waals surface area contributed by atoms with Crippen LogP contribution in [0.15, 0.2) is 85.1 Å². The number of fused-ring (bicyclic) bond motifs is 1. The van der Waals surface area contributed by atoms with Crippen LogP contribution in [-0.2, 0) is 11.3 Å². The molecule has 0 atom stereocenters. The fraction of sp³-hybridized carbons (Fsp3) is 0.0870. The summed E-state index contributed by atoms with van der Waals surface area (Å²) in [5.74, 6) is -0.0446. The van der Waals surface area contributed by atoms with Gasteiger partial charge in [-0.25, -0.2) is 0 Å². The number of rotatable bonds is 5. The van der Waals surface area contributed by atoms with Gasteiger partial charge in [0.15, 0.2) is 0 Å². The van der Waals surface area contributed by atoms with E-state index in [4.69, 9.17) is 0 Å². The van der Waals surface area contributed by atoms with Gasteiger partial charge in [-0.1, -0.05) is 29.8 Å². The first-order valence-corrected chi connectivity index (χ1v) is 8.95. The molecule has 134 valence electrons. The van der Waals surface area contributed by atoms with Crippen molar-refractivity contribution in [2.45, 2.75) is 13.5 Å². The molecule has 4 heteroatoms. The summed E-state index contributed by atoms with van der Waals surface area (Å²) in [5.41, 5.74) is 5.08. The second-order valence-corrected chi connectivity index (χ2v) is 6.62. The first-order valence-electron chi connectivity index (χ1n) is 8.95. The van der Waals surface area contributed by atoms with E-state index in [9.17, 15) is 4.79 Å². The third-order valence-corrected chi connectivity index (χ3v) is 4.47. The fourth-order valence-electron chi connectivity index (χ4n) is 3.14. The Morgan fingerprint density at radius 1 is 0.852 bits per heavy atom. The first-order chi connectivity index (χ1) is 13.2. The molecule has 3 aromatic carbocycles. The van der Waals surface area contributed by atoms with Crippen molar-refractivity contribution in [3.63, 3.8) is 0 Å². The third kappa shape index (κ3) is 4.01. The minimum atomic E-state index is -0.0446. The average Bonchev–Trinajstić information content (AvgIpc) is 3.06. The Kier molecular flexibility index (Phi) is 4.62. The van der Waals surface area contributed by atoms with Gasteiger partial charge in [-0.2, -0.15) is 0 Å². The van der Waals surface area contributed by atoms with E-state index in [0.717, 1.165) is 28.0 Å². The molecule has 0 spiro atoms. The molecule has 0 radical (unpaired) electrons. The van der Waals surface area contributed by atoms with Crippen LogP contribution in [0.3, 0.4) is 0 Å². The van der Waals surface area contributed by atoms with Crippen LogP contribution in [0.2, 0.25) is 0 Å². The summed E-state index contributed by atoms with van der Waals surface area (Å²) in [7, 11) is 0. The zero-order chi connectivity index (χ0) is 18.6. The smallest absolute Gasteiger partial charge is 0.244 e. The molecule has 0 unspecified atom stereocenters. The molecule has 2 N–H and O–H groups in total. The number of aryl methyl sites for hydroxylation is 1. The summed E-state index contributed by atoms with van der Waals surface area (Å²) in [6, 6.07) is 26.0. The lowest BCUT2D eigenvalue weighted by Gasteiger charge is -2.10. The standard InChI is InChI=1S/C23H21N3O/c1-17-7-12-22-18(15-17)13-14-26(22)16-23(27)25-21-10-8-20(9-11-21)24-19-5-3-2-4-6-19/h2-15,24H,16H2,1H3,(H,25,27). The number of anilines is 3. The summed E-state index contributed by atoms with van der Waals surface area (Å²) in [6.07, 6.45) is 1.95. The van der Waals surface area contributed by atoms with Crippen LogP contribution in [0.4, 0.5) is 17.1 Å². The molecule has 0 aliphatic carbocycles. The van der Waals surface area contributed by atoms with Gasteiger partial charge in [0.05, 0.1) is 0 Å². The predicted molar refractivity (Wildman–Crippen MR) is 111 cm³/mol. The molecular weight excluding hydrogens is 334 g/mol. The van der Waals surface area contributed by atoms with E-state index in [1.54, 1.807) is 0 Å². The van der Waals surface area contributed by atoms with Gasteiger partial charge in [-0.05, 0) is 66.9 Å².